The monoisotopic (exact) mass is 561 g/mol. The second kappa shape index (κ2) is 12.0. The van der Waals surface area contributed by atoms with Gasteiger partial charge >= 0.3 is 5.97 Å². The molecule has 9 nitrogen and oxygen atoms in total. The van der Waals surface area contributed by atoms with Gasteiger partial charge in [-0.1, -0.05) is 44.5 Å². The maximum absolute atomic E-state index is 14.8. The molecule has 210 valence electrons. The number of benzene rings is 1. The Hall–Kier alpha value is -3.05. The summed E-state index contributed by atoms with van der Waals surface area (Å²) in [6.45, 7) is 9.10. The first-order chi connectivity index (χ1) is 18.5. The number of nitrogens with zero attached hydrogens (tertiary/aromatic N) is 3. The Morgan fingerprint density at radius 3 is 2.62 bits per heavy atom. The Balaban J connectivity index is 1.87. The topological polar surface area (TPSA) is 114 Å². The lowest BCUT2D eigenvalue weighted by atomic mass is 9.86. The maximum atomic E-state index is 14.8. The highest BCUT2D eigenvalue weighted by atomic mass is 35.5. The second-order valence-electron chi connectivity index (χ2n) is 10.7. The van der Waals surface area contributed by atoms with Crippen molar-refractivity contribution in [2.75, 3.05) is 46.1 Å². The van der Waals surface area contributed by atoms with E-state index in [0.29, 0.717) is 25.3 Å². The number of halogens is 2. The molecule has 0 amide bonds. The van der Waals surface area contributed by atoms with Crippen molar-refractivity contribution >= 4 is 28.6 Å². The summed E-state index contributed by atoms with van der Waals surface area (Å²) in [7, 11) is 0. The van der Waals surface area contributed by atoms with Gasteiger partial charge in [0.2, 0.25) is 11.3 Å². The fraction of sp³-hybridized carbons (Fsp3) is 0.464. The van der Waals surface area contributed by atoms with Gasteiger partial charge in [0.15, 0.2) is 0 Å². The van der Waals surface area contributed by atoms with E-state index in [9.17, 15) is 24.2 Å². The number of aliphatic hydroxyl groups is 1. The maximum Gasteiger partial charge on any atom is 0.341 e. The van der Waals surface area contributed by atoms with Crippen molar-refractivity contribution in [3.05, 3.63) is 68.2 Å². The van der Waals surface area contributed by atoms with Crippen molar-refractivity contribution in [2.45, 2.75) is 33.2 Å². The van der Waals surface area contributed by atoms with Gasteiger partial charge in [0.25, 0.3) is 0 Å². The highest BCUT2D eigenvalue weighted by Crippen LogP contribution is 2.34. The molecule has 0 unspecified atom stereocenters. The Kier molecular flexibility index (Phi) is 8.90. The van der Waals surface area contributed by atoms with Gasteiger partial charge in [0, 0.05) is 37.8 Å². The summed E-state index contributed by atoms with van der Waals surface area (Å²) in [6.07, 6.45) is 1.24. The third kappa shape index (κ3) is 6.41. The Morgan fingerprint density at radius 1 is 1.26 bits per heavy atom. The average molecular weight is 562 g/mol. The van der Waals surface area contributed by atoms with E-state index in [2.05, 4.69) is 9.88 Å². The molecule has 0 bridgehead atoms. The van der Waals surface area contributed by atoms with Crippen LogP contribution in [-0.4, -0.2) is 76.7 Å². The summed E-state index contributed by atoms with van der Waals surface area (Å²) in [5.74, 6) is -1.80. The van der Waals surface area contributed by atoms with Crippen molar-refractivity contribution in [3.63, 3.8) is 0 Å². The third-order valence-electron chi connectivity index (χ3n) is 6.94. The van der Waals surface area contributed by atoms with E-state index in [1.165, 1.54) is 22.9 Å². The first-order valence-corrected chi connectivity index (χ1v) is 13.2. The van der Waals surface area contributed by atoms with E-state index in [1.807, 2.05) is 20.8 Å². The number of morpholine rings is 1. The molecule has 0 radical (unpaired) electrons. The van der Waals surface area contributed by atoms with Gasteiger partial charge in [-0.15, -0.1) is 0 Å². The van der Waals surface area contributed by atoms with Crippen LogP contribution >= 0.6 is 11.6 Å². The van der Waals surface area contributed by atoms with E-state index in [0.717, 1.165) is 13.1 Å². The molecule has 0 spiro atoms. The number of aromatic nitrogens is 2. The van der Waals surface area contributed by atoms with Crippen LogP contribution in [0.15, 0.2) is 35.3 Å². The number of hydrogen-bond donors (Lipinski definition) is 2. The Morgan fingerprint density at radius 2 is 1.97 bits per heavy atom. The molecule has 1 fully saturated rings. The molecule has 11 heteroatoms. The van der Waals surface area contributed by atoms with Gasteiger partial charge in [-0.3, -0.25) is 9.69 Å². The number of pyridine rings is 2. The van der Waals surface area contributed by atoms with Crippen LogP contribution in [0.5, 0.6) is 5.88 Å². The molecular weight excluding hydrogens is 529 g/mol. The molecule has 0 aliphatic carbocycles. The summed E-state index contributed by atoms with van der Waals surface area (Å²) in [4.78, 5) is 32.2. The second-order valence-corrected chi connectivity index (χ2v) is 11.1. The van der Waals surface area contributed by atoms with Crippen LogP contribution in [0.2, 0.25) is 5.02 Å². The molecule has 2 N–H and O–H groups in total. The van der Waals surface area contributed by atoms with Crippen LogP contribution in [-0.2, 0) is 11.2 Å². The van der Waals surface area contributed by atoms with Crippen molar-refractivity contribution in [1.29, 1.82) is 0 Å². The van der Waals surface area contributed by atoms with E-state index in [-0.39, 0.29) is 47.1 Å². The molecule has 3 heterocycles. The van der Waals surface area contributed by atoms with Crippen molar-refractivity contribution < 1.29 is 28.9 Å². The van der Waals surface area contributed by atoms with Crippen molar-refractivity contribution in [1.82, 2.24) is 14.5 Å². The zero-order chi connectivity index (χ0) is 28.3. The summed E-state index contributed by atoms with van der Waals surface area (Å²) in [5, 5.41) is 20.0. The summed E-state index contributed by atoms with van der Waals surface area (Å²) < 4.78 is 27.9. The molecule has 1 aliphatic rings. The van der Waals surface area contributed by atoms with Crippen LogP contribution in [0.1, 0.15) is 48.3 Å². The molecule has 1 saturated heterocycles. The number of fused-ring (bicyclic) bond motifs is 1. The fourth-order valence-corrected chi connectivity index (χ4v) is 4.90. The first-order valence-electron chi connectivity index (χ1n) is 12.8. The van der Waals surface area contributed by atoms with Crippen LogP contribution in [0.4, 0.5) is 4.39 Å². The molecule has 2 aromatic heterocycles. The first kappa shape index (κ1) is 28.9. The number of carbonyl (C=O) groups is 1. The third-order valence-corrected chi connectivity index (χ3v) is 7.24. The van der Waals surface area contributed by atoms with Crippen molar-refractivity contribution in [3.8, 4) is 5.88 Å². The minimum atomic E-state index is -1.39. The number of aromatic carboxylic acids is 1. The largest absolute Gasteiger partial charge is 0.477 e. The van der Waals surface area contributed by atoms with Gasteiger partial charge in [0.1, 0.15) is 23.6 Å². The predicted octanol–water partition coefficient (Wildman–Crippen LogP) is 3.77. The minimum absolute atomic E-state index is 0.0155. The summed E-state index contributed by atoms with van der Waals surface area (Å²) in [6, 6.07) is 5.56. The Labute approximate surface area is 230 Å². The quantitative estimate of drug-likeness (QED) is 0.406. The summed E-state index contributed by atoms with van der Waals surface area (Å²) >= 11 is 6.00. The Bertz CT molecular complexity index is 1420. The van der Waals surface area contributed by atoms with E-state index in [1.54, 1.807) is 12.1 Å². The lowest BCUT2D eigenvalue weighted by Crippen LogP contribution is -2.38. The van der Waals surface area contributed by atoms with Gasteiger partial charge in [0.05, 0.1) is 36.3 Å². The molecule has 4 rings (SSSR count). The minimum Gasteiger partial charge on any atom is -0.477 e. The van der Waals surface area contributed by atoms with Crippen LogP contribution in [0, 0.1) is 11.2 Å². The van der Waals surface area contributed by atoms with E-state index < -0.39 is 34.2 Å². The lowest BCUT2D eigenvalue weighted by molar-refractivity contribution is 0.0319. The number of rotatable bonds is 9. The highest BCUT2D eigenvalue weighted by molar-refractivity contribution is 6.30. The van der Waals surface area contributed by atoms with E-state index in [4.69, 9.17) is 21.1 Å². The zero-order valence-electron chi connectivity index (χ0n) is 22.2. The fourth-order valence-electron chi connectivity index (χ4n) is 4.70. The molecule has 3 aromatic rings. The normalized spacial score (nSPS) is 15.4. The smallest absolute Gasteiger partial charge is 0.341 e. The van der Waals surface area contributed by atoms with Gasteiger partial charge in [-0.05, 0) is 23.1 Å². The molecule has 1 aliphatic heterocycles. The van der Waals surface area contributed by atoms with E-state index >= 15 is 0 Å². The standard InChI is InChI=1S/C28H33ClFN3O6/c1-28(2,3)22(16-34)33-15-20(27(36)37)24(35)19-14-18(13-17-5-4-6-21(29)23(17)30)26(31-25(19)33)39-12-9-32-7-10-38-11-8-32/h4-6,14-15,22,34H,7-13,16H2,1-3H3,(H,36,37)/t22-/m1/s1. The van der Waals surface area contributed by atoms with Crippen LogP contribution in [0.25, 0.3) is 11.0 Å². The number of carboxylic acid groups (broad SMARTS) is 1. The molecular formula is C28H33ClFN3O6. The van der Waals surface area contributed by atoms with Crippen LogP contribution in [0.3, 0.4) is 0 Å². The molecule has 0 saturated carbocycles. The SMILES string of the molecule is CC(C)(C)[C@@H](CO)n1cc(C(=O)O)c(=O)c2cc(Cc3cccc(Cl)c3F)c(OCCN3CCOCC3)nc21. The molecule has 1 atom stereocenters. The predicted molar refractivity (Wildman–Crippen MR) is 146 cm³/mol. The summed E-state index contributed by atoms with van der Waals surface area (Å²) in [5.41, 5.74) is -0.816. The number of hydrogen-bond acceptors (Lipinski definition) is 7. The lowest BCUT2D eigenvalue weighted by Gasteiger charge is -2.32. The molecule has 1 aromatic carbocycles. The van der Waals surface area contributed by atoms with Crippen molar-refractivity contribution in [2.24, 2.45) is 5.41 Å². The number of carboxylic acids is 1. The van der Waals surface area contributed by atoms with Gasteiger partial charge in [-0.25, -0.2) is 9.18 Å². The number of ether oxygens (including phenoxy) is 2. The molecule has 39 heavy (non-hydrogen) atoms. The van der Waals surface area contributed by atoms with Gasteiger partial charge in [-0.2, -0.15) is 4.98 Å². The average Bonchev–Trinajstić information content (AvgIpc) is 2.88. The highest BCUT2D eigenvalue weighted by Gasteiger charge is 2.29. The van der Waals surface area contributed by atoms with Crippen LogP contribution < -0.4 is 10.2 Å². The zero-order valence-corrected chi connectivity index (χ0v) is 23.0. The van der Waals surface area contributed by atoms with Gasteiger partial charge < -0.3 is 24.3 Å². The number of aliphatic hydroxyl groups excluding tert-OH is 1.